The van der Waals surface area contributed by atoms with E-state index in [4.69, 9.17) is 14.2 Å². The van der Waals surface area contributed by atoms with Crippen LogP contribution in [0.3, 0.4) is 0 Å². The molecule has 0 fully saturated rings. The van der Waals surface area contributed by atoms with Crippen LogP contribution in [-0.2, 0) is 4.79 Å². The molecule has 9 heteroatoms. The summed E-state index contributed by atoms with van der Waals surface area (Å²) in [6.45, 7) is 6.64. The number of aliphatic imine (C=N–C) groups is 1. The Balaban J connectivity index is 0.00000385. The molecule has 0 saturated heterocycles. The first kappa shape index (κ1) is 26.6. The van der Waals surface area contributed by atoms with Crippen molar-refractivity contribution in [2.45, 2.75) is 26.4 Å². The van der Waals surface area contributed by atoms with Gasteiger partial charge in [0, 0.05) is 25.7 Å². The Morgan fingerprint density at radius 3 is 2.76 bits per heavy atom. The maximum Gasteiger partial charge on any atom is 0.265 e. The van der Waals surface area contributed by atoms with E-state index in [0.717, 1.165) is 41.9 Å². The summed E-state index contributed by atoms with van der Waals surface area (Å²) in [4.78, 5) is 18.7. The van der Waals surface area contributed by atoms with Gasteiger partial charge in [0.05, 0.1) is 19.3 Å². The van der Waals surface area contributed by atoms with Gasteiger partial charge < -0.3 is 29.7 Å². The Labute approximate surface area is 212 Å². The number of halogens is 1. The van der Waals surface area contributed by atoms with Crippen LogP contribution >= 0.6 is 24.0 Å². The fourth-order valence-corrected chi connectivity index (χ4v) is 3.35. The molecular weight excluding hydrogens is 535 g/mol. The topological polar surface area (TPSA) is 84.4 Å². The van der Waals surface area contributed by atoms with E-state index in [0.29, 0.717) is 19.6 Å². The second-order valence-corrected chi connectivity index (χ2v) is 7.41. The lowest BCUT2D eigenvalue weighted by molar-refractivity contribution is -0.121. The molecule has 0 aromatic heterocycles. The predicted octanol–water partition coefficient (Wildman–Crippen LogP) is 3.45. The van der Waals surface area contributed by atoms with Gasteiger partial charge in [-0.05, 0) is 44.5 Å². The highest BCUT2D eigenvalue weighted by molar-refractivity contribution is 14.0. The number of fused-ring (bicyclic) bond motifs is 1. The summed E-state index contributed by atoms with van der Waals surface area (Å²) in [7, 11) is 1.63. The van der Waals surface area contributed by atoms with Crippen molar-refractivity contribution in [1.29, 1.82) is 0 Å². The Morgan fingerprint density at radius 1 is 1.18 bits per heavy atom. The number of anilines is 1. The van der Waals surface area contributed by atoms with Gasteiger partial charge in [-0.15, -0.1) is 24.0 Å². The highest BCUT2D eigenvalue weighted by atomic mass is 127. The summed E-state index contributed by atoms with van der Waals surface area (Å²) in [6, 6.07) is 15.2. The maximum absolute atomic E-state index is 12.3. The molecule has 33 heavy (non-hydrogen) atoms. The predicted molar refractivity (Wildman–Crippen MR) is 141 cm³/mol. The molecule has 1 aliphatic heterocycles. The molecule has 2 N–H and O–H groups in total. The molecule has 1 unspecified atom stereocenters. The van der Waals surface area contributed by atoms with Crippen LogP contribution in [0.1, 0.15) is 20.3 Å². The molecule has 1 atom stereocenters. The summed E-state index contributed by atoms with van der Waals surface area (Å²) >= 11 is 0. The number of hydrogen-bond donors (Lipinski definition) is 2. The fraction of sp³-hybridized carbons (Fsp3) is 0.417. The van der Waals surface area contributed by atoms with E-state index in [9.17, 15) is 4.79 Å². The van der Waals surface area contributed by atoms with Crippen LogP contribution in [0.25, 0.3) is 0 Å². The molecule has 180 valence electrons. The van der Waals surface area contributed by atoms with Crippen molar-refractivity contribution in [1.82, 2.24) is 10.6 Å². The summed E-state index contributed by atoms with van der Waals surface area (Å²) in [5, 5.41) is 6.58. The van der Waals surface area contributed by atoms with Crippen molar-refractivity contribution >= 4 is 41.5 Å². The van der Waals surface area contributed by atoms with E-state index >= 15 is 0 Å². The van der Waals surface area contributed by atoms with Gasteiger partial charge in [-0.1, -0.05) is 18.2 Å². The van der Waals surface area contributed by atoms with Crippen LogP contribution in [0.15, 0.2) is 53.5 Å². The van der Waals surface area contributed by atoms with E-state index in [1.54, 1.807) is 12.0 Å². The zero-order valence-corrected chi connectivity index (χ0v) is 21.7. The first-order valence-electron chi connectivity index (χ1n) is 11.0. The third-order valence-electron chi connectivity index (χ3n) is 4.89. The average molecular weight is 568 g/mol. The third-order valence-corrected chi connectivity index (χ3v) is 4.89. The molecule has 0 bridgehead atoms. The van der Waals surface area contributed by atoms with Crippen LogP contribution < -0.4 is 29.7 Å². The Bertz CT molecular complexity index is 925. The van der Waals surface area contributed by atoms with E-state index < -0.39 is 0 Å². The summed E-state index contributed by atoms with van der Waals surface area (Å²) in [6.07, 6.45) is 0.681. The molecule has 0 aliphatic carbocycles. The molecule has 0 saturated carbocycles. The summed E-state index contributed by atoms with van der Waals surface area (Å²) in [5.74, 6) is 2.96. The lowest BCUT2D eigenvalue weighted by atomic mass is 10.2. The SMILES string of the molecule is CCNC(=NCC(C)Oc1cccc(OC)c1)NCCCN1C(=O)COc2ccccc21.I. The number of para-hydroxylation sites is 2. The molecule has 1 aliphatic rings. The largest absolute Gasteiger partial charge is 0.497 e. The number of amides is 1. The quantitative estimate of drug-likeness (QED) is 0.198. The molecule has 3 rings (SSSR count). The van der Waals surface area contributed by atoms with E-state index in [-0.39, 0.29) is 42.6 Å². The Kier molecular flexibility index (Phi) is 11.1. The van der Waals surface area contributed by atoms with Crippen molar-refractivity contribution in [3.63, 3.8) is 0 Å². The van der Waals surface area contributed by atoms with Crippen LogP contribution in [0.4, 0.5) is 5.69 Å². The normalized spacial score (nSPS) is 13.8. The average Bonchev–Trinajstić information content (AvgIpc) is 2.81. The molecular formula is C24H33IN4O4. The van der Waals surface area contributed by atoms with E-state index in [2.05, 4.69) is 15.6 Å². The van der Waals surface area contributed by atoms with Crippen LogP contribution in [0, 0.1) is 0 Å². The van der Waals surface area contributed by atoms with Crippen molar-refractivity contribution in [3.05, 3.63) is 48.5 Å². The number of rotatable bonds is 10. The standard InChI is InChI=1S/C24H32N4O4.HI/c1-4-25-24(27-16-18(2)32-20-10-7-9-19(15-20)30-3)26-13-8-14-28-21-11-5-6-12-22(21)31-17-23(28)29;/h5-7,9-12,15,18H,4,8,13-14,16-17H2,1-3H3,(H2,25,26,27);1H. The number of hydrogen-bond acceptors (Lipinski definition) is 5. The molecule has 1 amide bonds. The molecule has 2 aromatic carbocycles. The van der Waals surface area contributed by atoms with Crippen molar-refractivity contribution in [2.24, 2.45) is 4.99 Å². The van der Waals surface area contributed by atoms with Gasteiger partial charge in [-0.3, -0.25) is 4.79 Å². The minimum Gasteiger partial charge on any atom is -0.497 e. The monoisotopic (exact) mass is 568 g/mol. The number of benzene rings is 2. The zero-order valence-electron chi connectivity index (χ0n) is 19.4. The number of carbonyl (C=O) groups excluding carboxylic acids is 1. The highest BCUT2D eigenvalue weighted by Crippen LogP contribution is 2.31. The van der Waals surface area contributed by atoms with Gasteiger partial charge in [0.1, 0.15) is 23.4 Å². The van der Waals surface area contributed by atoms with E-state index in [1.165, 1.54) is 0 Å². The number of methoxy groups -OCH3 is 1. The highest BCUT2D eigenvalue weighted by Gasteiger charge is 2.24. The maximum atomic E-state index is 12.3. The fourth-order valence-electron chi connectivity index (χ4n) is 3.35. The van der Waals surface area contributed by atoms with Gasteiger partial charge in [0.2, 0.25) is 0 Å². The van der Waals surface area contributed by atoms with Crippen LogP contribution in [-0.4, -0.2) is 57.9 Å². The Morgan fingerprint density at radius 2 is 1.97 bits per heavy atom. The number of ether oxygens (including phenoxy) is 3. The van der Waals surface area contributed by atoms with Crippen LogP contribution in [0.5, 0.6) is 17.2 Å². The minimum atomic E-state index is -0.0972. The van der Waals surface area contributed by atoms with E-state index in [1.807, 2.05) is 62.4 Å². The lowest BCUT2D eigenvalue weighted by Gasteiger charge is -2.29. The summed E-state index contributed by atoms with van der Waals surface area (Å²) in [5.41, 5.74) is 0.827. The molecule has 1 heterocycles. The van der Waals surface area contributed by atoms with Crippen LogP contribution in [0.2, 0.25) is 0 Å². The first-order chi connectivity index (χ1) is 15.6. The number of nitrogens with one attached hydrogen (secondary N) is 2. The lowest BCUT2D eigenvalue weighted by Crippen LogP contribution is -2.42. The number of nitrogens with zero attached hydrogens (tertiary/aromatic N) is 2. The van der Waals surface area contributed by atoms with Gasteiger partial charge in [0.15, 0.2) is 12.6 Å². The smallest absolute Gasteiger partial charge is 0.265 e. The van der Waals surface area contributed by atoms with Gasteiger partial charge in [0.25, 0.3) is 5.91 Å². The molecule has 0 spiro atoms. The van der Waals surface area contributed by atoms with Crippen molar-refractivity contribution in [3.8, 4) is 17.2 Å². The number of carbonyl (C=O) groups is 1. The molecule has 0 radical (unpaired) electrons. The van der Waals surface area contributed by atoms with Crippen molar-refractivity contribution < 1.29 is 19.0 Å². The minimum absolute atomic E-state index is 0. The second kappa shape index (κ2) is 13.8. The first-order valence-corrected chi connectivity index (χ1v) is 11.0. The zero-order chi connectivity index (χ0) is 22.8. The molecule has 8 nitrogen and oxygen atoms in total. The second-order valence-electron chi connectivity index (χ2n) is 7.41. The van der Waals surface area contributed by atoms with Gasteiger partial charge >= 0.3 is 0 Å². The molecule has 2 aromatic rings. The Hall–Kier alpha value is -2.69. The summed E-state index contributed by atoms with van der Waals surface area (Å²) < 4.78 is 16.7. The van der Waals surface area contributed by atoms with Gasteiger partial charge in [-0.25, -0.2) is 4.99 Å². The van der Waals surface area contributed by atoms with Gasteiger partial charge in [-0.2, -0.15) is 0 Å². The van der Waals surface area contributed by atoms with Crippen molar-refractivity contribution in [2.75, 3.05) is 44.8 Å². The number of guanidine groups is 1. The third kappa shape index (κ3) is 7.99.